The van der Waals surface area contributed by atoms with Crippen molar-refractivity contribution in [3.63, 3.8) is 0 Å². The van der Waals surface area contributed by atoms with Gasteiger partial charge in [-0.25, -0.2) is 0 Å². The molecule has 1 aliphatic rings. The lowest BCUT2D eigenvalue weighted by Crippen LogP contribution is -2.27. The molecule has 1 aromatic heterocycles. The molecule has 0 unspecified atom stereocenters. The number of nitrogens with two attached hydrogens (primary N) is 1. The first kappa shape index (κ1) is 18.5. The summed E-state index contributed by atoms with van der Waals surface area (Å²) >= 11 is 0. The molecule has 24 heavy (non-hydrogen) atoms. The molecule has 0 fully saturated rings. The number of aryl methyl sites for hydroxylation is 1. The summed E-state index contributed by atoms with van der Waals surface area (Å²) in [7, 11) is 2.17. The Hall–Kier alpha value is -1.81. The average molecular weight is 322 g/mol. The van der Waals surface area contributed by atoms with Crippen molar-refractivity contribution in [3.8, 4) is 0 Å². The molecule has 0 amide bonds. The third-order valence-corrected chi connectivity index (χ3v) is 4.24. The van der Waals surface area contributed by atoms with Crippen LogP contribution < -0.4 is 16.5 Å². The van der Waals surface area contributed by atoms with Gasteiger partial charge in [0.1, 0.15) is 0 Å². The lowest BCUT2D eigenvalue weighted by molar-refractivity contribution is 0.886. The van der Waals surface area contributed by atoms with Gasteiger partial charge < -0.3 is 11.1 Å². The summed E-state index contributed by atoms with van der Waals surface area (Å²) in [5.74, 6) is 0. The molecule has 1 atom stereocenters. The van der Waals surface area contributed by atoms with E-state index in [0.29, 0.717) is 0 Å². The third-order valence-electron chi connectivity index (χ3n) is 4.24. The molecule has 1 aliphatic heterocycles. The minimum Gasteiger partial charge on any atom is -0.382 e. The van der Waals surface area contributed by atoms with Crippen LogP contribution in [0, 0.1) is 0 Å². The van der Waals surface area contributed by atoms with Crippen molar-refractivity contribution in [3.05, 3.63) is 46.7 Å². The molecule has 0 saturated heterocycles. The van der Waals surface area contributed by atoms with Crippen molar-refractivity contribution in [1.29, 1.82) is 0 Å². The summed E-state index contributed by atoms with van der Waals surface area (Å²) in [4.78, 5) is 4.75. The highest BCUT2D eigenvalue weighted by Crippen LogP contribution is 2.20. The summed E-state index contributed by atoms with van der Waals surface area (Å²) in [6.07, 6.45) is 11.7. The molecule has 3 N–H and O–H groups in total. The Balaban J connectivity index is 2.22. The Morgan fingerprint density at radius 1 is 1.42 bits per heavy atom. The van der Waals surface area contributed by atoms with Crippen molar-refractivity contribution in [1.82, 2.24) is 4.98 Å². The Labute approximate surface area is 147 Å². The van der Waals surface area contributed by atoms with Crippen LogP contribution in [0.3, 0.4) is 0 Å². The summed E-state index contributed by atoms with van der Waals surface area (Å²) in [6, 6.07) is 2.20. The fourth-order valence-corrected chi connectivity index (χ4v) is 2.84. The van der Waals surface area contributed by atoms with E-state index < -0.39 is 0 Å². The second-order valence-electron chi connectivity index (χ2n) is 6.35. The molecular formula is C20H29BN3. The highest BCUT2D eigenvalue weighted by atomic mass is 14.9. The molecule has 2 heterocycles. The monoisotopic (exact) mass is 322 g/mol. The highest BCUT2D eigenvalue weighted by Gasteiger charge is 2.21. The predicted molar refractivity (Wildman–Crippen MR) is 107 cm³/mol. The number of anilines is 1. The van der Waals surface area contributed by atoms with Crippen LogP contribution in [0.15, 0.2) is 35.3 Å². The molecule has 0 saturated carbocycles. The van der Waals surface area contributed by atoms with Crippen molar-refractivity contribution in [2.75, 3.05) is 11.9 Å². The number of rotatable bonds is 8. The van der Waals surface area contributed by atoms with Crippen molar-refractivity contribution in [2.45, 2.75) is 53.0 Å². The number of fused-ring (bicyclic) bond motifs is 1. The molecule has 1 aromatic rings. The van der Waals surface area contributed by atoms with Gasteiger partial charge in [-0.15, -0.1) is 0 Å². The van der Waals surface area contributed by atoms with Crippen LogP contribution in [0.25, 0.3) is 6.08 Å². The Morgan fingerprint density at radius 3 is 2.83 bits per heavy atom. The summed E-state index contributed by atoms with van der Waals surface area (Å²) in [5.41, 5.74) is 13.1. The van der Waals surface area contributed by atoms with Gasteiger partial charge in [-0.3, -0.25) is 4.98 Å². The Kier molecular flexibility index (Phi) is 6.86. The van der Waals surface area contributed by atoms with Crippen LogP contribution in [0.1, 0.15) is 51.9 Å². The molecule has 0 spiro atoms. The van der Waals surface area contributed by atoms with Crippen LogP contribution >= 0.6 is 0 Å². The molecule has 0 bridgehead atoms. The molecule has 4 heteroatoms. The highest BCUT2D eigenvalue weighted by molar-refractivity contribution is 6.67. The average Bonchev–Trinajstić information content (AvgIpc) is 3.01. The van der Waals surface area contributed by atoms with Crippen molar-refractivity contribution in [2.24, 2.45) is 5.73 Å². The maximum Gasteiger partial charge on any atom is 0.193 e. The largest absolute Gasteiger partial charge is 0.382 e. The van der Waals surface area contributed by atoms with Crippen molar-refractivity contribution < 1.29 is 0 Å². The van der Waals surface area contributed by atoms with Gasteiger partial charge in [0, 0.05) is 24.0 Å². The van der Waals surface area contributed by atoms with Crippen LogP contribution in [0.4, 0.5) is 5.69 Å². The zero-order valence-electron chi connectivity index (χ0n) is 15.4. The first-order valence-corrected chi connectivity index (χ1v) is 8.99. The number of hydrogen-bond acceptors (Lipinski definition) is 3. The minimum absolute atomic E-state index is 0.0300. The quantitative estimate of drug-likeness (QED) is 0.570. The van der Waals surface area contributed by atoms with E-state index in [-0.39, 0.29) is 6.04 Å². The summed E-state index contributed by atoms with van der Waals surface area (Å²) in [5, 5.41) is 3.63. The Morgan fingerprint density at radius 2 is 2.21 bits per heavy atom. The van der Waals surface area contributed by atoms with Crippen molar-refractivity contribution >= 4 is 24.5 Å². The molecule has 1 radical (unpaired) electrons. The smallest absolute Gasteiger partial charge is 0.193 e. The van der Waals surface area contributed by atoms with E-state index in [2.05, 4.69) is 56.8 Å². The normalized spacial score (nSPS) is 15.2. The van der Waals surface area contributed by atoms with E-state index in [1.807, 2.05) is 13.8 Å². The van der Waals surface area contributed by atoms with E-state index in [1.165, 1.54) is 11.0 Å². The van der Waals surface area contributed by atoms with Crippen LogP contribution in [0.2, 0.25) is 0 Å². The van der Waals surface area contributed by atoms with E-state index in [4.69, 9.17) is 10.7 Å². The van der Waals surface area contributed by atoms with E-state index in [1.54, 1.807) is 0 Å². The summed E-state index contributed by atoms with van der Waals surface area (Å²) in [6.45, 7) is 9.28. The van der Waals surface area contributed by atoms with Gasteiger partial charge in [0.05, 0.1) is 5.69 Å². The zero-order chi connectivity index (χ0) is 17.5. The minimum atomic E-state index is 0.0300. The van der Waals surface area contributed by atoms with Crippen LogP contribution in [-0.4, -0.2) is 24.9 Å². The number of nitrogens with zero attached hydrogens (tertiary/aromatic N) is 1. The van der Waals surface area contributed by atoms with Gasteiger partial charge in [-0.2, -0.15) is 0 Å². The van der Waals surface area contributed by atoms with Gasteiger partial charge >= 0.3 is 0 Å². The fourth-order valence-electron chi connectivity index (χ4n) is 2.84. The lowest BCUT2D eigenvalue weighted by Gasteiger charge is -2.15. The zero-order valence-corrected chi connectivity index (χ0v) is 15.4. The number of allylic oxidation sites excluding steroid dienone is 3. The fraction of sp³-hybridized carbons (Fsp3) is 0.450. The first-order valence-electron chi connectivity index (χ1n) is 8.99. The van der Waals surface area contributed by atoms with Gasteiger partial charge in [0.2, 0.25) is 0 Å². The molecular weight excluding hydrogens is 293 g/mol. The molecule has 3 nitrogen and oxygen atoms in total. The van der Waals surface area contributed by atoms with Crippen LogP contribution in [-0.2, 0) is 6.42 Å². The van der Waals surface area contributed by atoms with E-state index in [0.717, 1.165) is 48.4 Å². The molecule has 127 valence electrons. The first-order chi connectivity index (χ1) is 11.6. The van der Waals surface area contributed by atoms with Gasteiger partial charge in [-0.1, -0.05) is 49.5 Å². The number of aromatic nitrogens is 1. The number of pyridine rings is 1. The Bertz CT molecular complexity index is 657. The van der Waals surface area contributed by atoms with Crippen LogP contribution in [0.5, 0.6) is 0 Å². The SMILES string of the molecule is C/C=C\C=C(/CCC)CNc1cc(CC)nc2c1[B]C([C@H](C)N)=C2. The molecule has 0 aromatic carbocycles. The predicted octanol–water partition coefficient (Wildman–Crippen LogP) is 3.39. The standard InChI is InChI=1S/C20H29BN3/c1-5-8-10-15(9-6-2)13-23-18-11-16(7-3)24-19-12-17(14(4)22)21-20(18)19/h5,8,10-12,14H,6-7,9,13,22H2,1-4H3,(H,23,24)/b8-5-,15-10+/t14-/m0/s1. The van der Waals surface area contributed by atoms with Gasteiger partial charge in [-0.05, 0) is 44.3 Å². The van der Waals surface area contributed by atoms with Gasteiger partial charge in [0.25, 0.3) is 0 Å². The second kappa shape index (κ2) is 8.88. The van der Waals surface area contributed by atoms with E-state index in [9.17, 15) is 0 Å². The van der Waals surface area contributed by atoms with E-state index >= 15 is 0 Å². The number of nitrogens with one attached hydrogen (secondary N) is 1. The maximum absolute atomic E-state index is 6.05. The number of hydrogen-bond donors (Lipinski definition) is 2. The molecule has 2 rings (SSSR count). The summed E-state index contributed by atoms with van der Waals surface area (Å²) < 4.78 is 0. The lowest BCUT2D eigenvalue weighted by atomic mass is 9.64. The molecule has 0 aliphatic carbocycles. The maximum atomic E-state index is 6.05. The second-order valence-corrected chi connectivity index (χ2v) is 6.35. The third kappa shape index (κ3) is 4.61. The topological polar surface area (TPSA) is 50.9 Å². The van der Waals surface area contributed by atoms with Gasteiger partial charge in [0.15, 0.2) is 7.28 Å².